The lowest BCUT2D eigenvalue weighted by atomic mass is 9.97. The van der Waals surface area contributed by atoms with Crippen molar-refractivity contribution in [2.24, 2.45) is 5.92 Å². The summed E-state index contributed by atoms with van der Waals surface area (Å²) in [5, 5.41) is 16.4. The average Bonchev–Trinajstić information content (AvgIpc) is 2.82. The smallest absolute Gasteiger partial charge is 0.321 e. The van der Waals surface area contributed by atoms with Crippen LogP contribution < -0.4 is 15.4 Å². The molecule has 9 heteroatoms. The number of anilines is 1. The maximum absolute atomic E-state index is 12.5. The van der Waals surface area contributed by atoms with E-state index in [1.807, 2.05) is 12.1 Å². The van der Waals surface area contributed by atoms with Gasteiger partial charge in [-0.3, -0.25) is 14.9 Å². The molecule has 3 amide bonds. The second-order valence-corrected chi connectivity index (χ2v) is 7.49. The molecule has 2 aromatic rings. The maximum atomic E-state index is 12.5. The van der Waals surface area contributed by atoms with E-state index in [2.05, 4.69) is 10.6 Å². The molecule has 32 heavy (non-hydrogen) atoms. The number of ether oxygens (including phenoxy) is 1. The van der Waals surface area contributed by atoms with Gasteiger partial charge in [-0.1, -0.05) is 12.1 Å². The van der Waals surface area contributed by atoms with Crippen LogP contribution in [0.2, 0.25) is 0 Å². The molecule has 0 saturated carbocycles. The number of benzene rings is 2. The molecule has 168 valence electrons. The number of non-ortho nitro benzene ring substituents is 1. The number of hydrogen-bond acceptors (Lipinski definition) is 5. The lowest BCUT2D eigenvalue weighted by Crippen LogP contribution is -2.43. The topological polar surface area (TPSA) is 114 Å². The van der Waals surface area contributed by atoms with Crippen molar-refractivity contribution in [2.45, 2.75) is 12.8 Å². The molecular weight excluding hydrogens is 412 g/mol. The Bertz CT molecular complexity index is 982. The van der Waals surface area contributed by atoms with Crippen LogP contribution in [0.15, 0.2) is 54.6 Å². The van der Waals surface area contributed by atoms with Crippen LogP contribution in [0.3, 0.4) is 0 Å². The van der Waals surface area contributed by atoms with E-state index in [0.717, 1.165) is 12.8 Å². The van der Waals surface area contributed by atoms with E-state index in [1.165, 1.54) is 18.2 Å². The normalized spacial score (nSPS) is 14.2. The molecule has 0 radical (unpaired) electrons. The zero-order valence-corrected chi connectivity index (χ0v) is 17.8. The van der Waals surface area contributed by atoms with Crippen molar-refractivity contribution in [3.63, 3.8) is 0 Å². The van der Waals surface area contributed by atoms with Crippen LogP contribution in [-0.2, 0) is 4.79 Å². The second kappa shape index (κ2) is 10.9. The highest BCUT2D eigenvalue weighted by atomic mass is 16.6. The summed E-state index contributed by atoms with van der Waals surface area (Å²) in [5.74, 6) is 0.682. The zero-order valence-electron chi connectivity index (χ0n) is 17.8. The Labute approximate surface area is 186 Å². The van der Waals surface area contributed by atoms with Gasteiger partial charge in [0, 0.05) is 37.8 Å². The summed E-state index contributed by atoms with van der Waals surface area (Å²) in [7, 11) is 1.56. The van der Waals surface area contributed by atoms with E-state index in [4.69, 9.17) is 4.74 Å². The van der Waals surface area contributed by atoms with E-state index in [-0.39, 0.29) is 17.6 Å². The molecule has 0 unspecified atom stereocenters. The lowest BCUT2D eigenvalue weighted by molar-refractivity contribution is -0.384. The standard InChI is InChI=1S/C23H26N4O5/c1-32-21-5-3-2-4-20(21)25-23(29)26-14-12-18(13-15-26)16-24-22(28)11-8-17-6-9-19(10-7-17)27(30)31/h2-11,18H,12-16H2,1H3,(H,24,28)(H,25,29)/b11-8+. The van der Waals surface area contributed by atoms with Crippen molar-refractivity contribution in [1.29, 1.82) is 0 Å². The van der Waals surface area contributed by atoms with Crippen LogP contribution >= 0.6 is 0 Å². The zero-order chi connectivity index (χ0) is 22.9. The summed E-state index contributed by atoms with van der Waals surface area (Å²) in [6, 6.07) is 13.1. The minimum atomic E-state index is -0.465. The van der Waals surface area contributed by atoms with Gasteiger partial charge in [0.2, 0.25) is 5.91 Å². The number of amides is 3. The molecule has 2 aromatic carbocycles. The molecule has 2 N–H and O–H groups in total. The molecule has 0 spiro atoms. The summed E-state index contributed by atoms with van der Waals surface area (Å²) >= 11 is 0. The number of likely N-dealkylation sites (tertiary alicyclic amines) is 1. The fraction of sp³-hybridized carbons (Fsp3) is 0.304. The third-order valence-corrected chi connectivity index (χ3v) is 5.35. The maximum Gasteiger partial charge on any atom is 0.321 e. The number of piperidine rings is 1. The molecule has 1 heterocycles. The van der Waals surface area contributed by atoms with Gasteiger partial charge in [0.1, 0.15) is 5.75 Å². The van der Waals surface area contributed by atoms with Crippen LogP contribution in [-0.4, -0.2) is 48.5 Å². The Balaban J connectivity index is 1.40. The monoisotopic (exact) mass is 438 g/mol. The molecule has 3 rings (SSSR count). The van der Waals surface area contributed by atoms with Gasteiger partial charge in [-0.25, -0.2) is 4.79 Å². The highest BCUT2D eigenvalue weighted by Crippen LogP contribution is 2.24. The Morgan fingerprint density at radius 2 is 1.84 bits per heavy atom. The third kappa shape index (κ3) is 6.31. The van der Waals surface area contributed by atoms with Crippen LogP contribution in [0.4, 0.5) is 16.2 Å². The third-order valence-electron chi connectivity index (χ3n) is 5.35. The highest BCUT2D eigenvalue weighted by Gasteiger charge is 2.23. The van der Waals surface area contributed by atoms with E-state index in [1.54, 1.807) is 42.4 Å². The van der Waals surface area contributed by atoms with Gasteiger partial charge >= 0.3 is 6.03 Å². The van der Waals surface area contributed by atoms with Gasteiger partial charge in [-0.2, -0.15) is 0 Å². The summed E-state index contributed by atoms with van der Waals surface area (Å²) < 4.78 is 5.26. The van der Waals surface area contributed by atoms with E-state index in [9.17, 15) is 19.7 Å². The van der Waals surface area contributed by atoms with Gasteiger partial charge in [0.15, 0.2) is 0 Å². The van der Waals surface area contributed by atoms with Crippen molar-refractivity contribution < 1.29 is 19.2 Å². The summed E-state index contributed by atoms with van der Waals surface area (Å²) in [6.45, 7) is 1.76. The minimum absolute atomic E-state index is 0.00883. The second-order valence-electron chi connectivity index (χ2n) is 7.49. The fourth-order valence-corrected chi connectivity index (χ4v) is 3.47. The Hall–Kier alpha value is -3.88. The number of rotatable bonds is 7. The Kier molecular flexibility index (Phi) is 7.80. The van der Waals surface area contributed by atoms with Gasteiger partial charge < -0.3 is 20.3 Å². The van der Waals surface area contributed by atoms with Crippen molar-refractivity contribution >= 4 is 29.4 Å². The Morgan fingerprint density at radius 1 is 1.16 bits per heavy atom. The number of carbonyl (C=O) groups excluding carboxylic acids is 2. The number of nitrogens with zero attached hydrogens (tertiary/aromatic N) is 2. The molecular formula is C23H26N4O5. The number of nitro benzene ring substituents is 1. The molecule has 1 aliphatic rings. The molecule has 0 aromatic heterocycles. The van der Waals surface area contributed by atoms with Crippen molar-refractivity contribution in [3.8, 4) is 5.75 Å². The largest absolute Gasteiger partial charge is 0.495 e. The minimum Gasteiger partial charge on any atom is -0.495 e. The number of carbonyl (C=O) groups is 2. The van der Waals surface area contributed by atoms with Crippen molar-refractivity contribution in [2.75, 3.05) is 32.1 Å². The average molecular weight is 438 g/mol. The number of hydrogen-bond donors (Lipinski definition) is 2. The first-order valence-electron chi connectivity index (χ1n) is 10.4. The van der Waals surface area contributed by atoms with Crippen LogP contribution in [0.5, 0.6) is 5.75 Å². The summed E-state index contributed by atoms with van der Waals surface area (Å²) in [4.78, 5) is 36.6. The first-order chi connectivity index (χ1) is 15.5. The molecule has 1 fully saturated rings. The summed E-state index contributed by atoms with van der Waals surface area (Å²) in [5.41, 5.74) is 1.35. The molecule has 1 saturated heterocycles. The number of nitro groups is 1. The van der Waals surface area contributed by atoms with Crippen LogP contribution in [0.1, 0.15) is 18.4 Å². The van der Waals surface area contributed by atoms with E-state index >= 15 is 0 Å². The predicted octanol–water partition coefficient (Wildman–Crippen LogP) is 3.68. The van der Waals surface area contributed by atoms with Gasteiger partial charge in [-0.05, 0) is 54.7 Å². The van der Waals surface area contributed by atoms with Crippen molar-refractivity contribution in [1.82, 2.24) is 10.2 Å². The van der Waals surface area contributed by atoms with Gasteiger partial charge in [0.05, 0.1) is 17.7 Å². The van der Waals surface area contributed by atoms with Crippen LogP contribution in [0.25, 0.3) is 6.08 Å². The molecule has 0 atom stereocenters. The Morgan fingerprint density at radius 3 is 2.50 bits per heavy atom. The fourth-order valence-electron chi connectivity index (χ4n) is 3.47. The van der Waals surface area contributed by atoms with Gasteiger partial charge in [0.25, 0.3) is 5.69 Å². The number of nitrogens with one attached hydrogen (secondary N) is 2. The lowest BCUT2D eigenvalue weighted by Gasteiger charge is -2.32. The van der Waals surface area contributed by atoms with E-state index < -0.39 is 4.92 Å². The number of para-hydroxylation sites is 2. The van der Waals surface area contributed by atoms with E-state index in [0.29, 0.717) is 42.6 Å². The molecule has 0 aliphatic carbocycles. The van der Waals surface area contributed by atoms with Gasteiger partial charge in [-0.15, -0.1) is 0 Å². The summed E-state index contributed by atoms with van der Waals surface area (Å²) in [6.07, 6.45) is 4.62. The SMILES string of the molecule is COc1ccccc1NC(=O)N1CCC(CNC(=O)/C=C/c2ccc([N+](=O)[O-])cc2)CC1. The number of methoxy groups -OCH3 is 1. The molecule has 0 bridgehead atoms. The molecule has 1 aliphatic heterocycles. The predicted molar refractivity (Wildman–Crippen MR) is 121 cm³/mol. The first kappa shape index (κ1) is 22.8. The molecule has 9 nitrogen and oxygen atoms in total. The van der Waals surface area contributed by atoms with Crippen LogP contribution in [0, 0.1) is 16.0 Å². The first-order valence-corrected chi connectivity index (χ1v) is 10.4. The quantitative estimate of drug-likeness (QED) is 0.389. The van der Waals surface area contributed by atoms with Crippen molar-refractivity contribution in [3.05, 3.63) is 70.3 Å². The number of urea groups is 1. The highest BCUT2D eigenvalue weighted by molar-refractivity contribution is 5.92.